The van der Waals surface area contributed by atoms with Crippen LogP contribution >= 0.6 is 23.2 Å². The van der Waals surface area contributed by atoms with Crippen LogP contribution in [0.25, 0.3) is 0 Å². The SMILES string of the molecule is CNC(CS(=O)c1ccc(Cl)c(Cl)c1)c1ccccc1C. The van der Waals surface area contributed by atoms with E-state index in [-0.39, 0.29) is 6.04 Å². The van der Waals surface area contributed by atoms with E-state index in [2.05, 4.69) is 24.4 Å². The molecule has 2 atom stereocenters. The summed E-state index contributed by atoms with van der Waals surface area (Å²) in [5.74, 6) is 0.485. The maximum atomic E-state index is 12.5. The summed E-state index contributed by atoms with van der Waals surface area (Å²) in [5.41, 5.74) is 2.34. The van der Waals surface area contributed by atoms with Gasteiger partial charge in [0.25, 0.3) is 0 Å². The Kier molecular flexibility index (Phi) is 5.82. The molecule has 0 aliphatic heterocycles. The Hall–Kier alpha value is -0.870. The molecule has 0 fully saturated rings. The molecule has 0 saturated heterocycles. The fourth-order valence-electron chi connectivity index (χ4n) is 2.17. The number of hydrogen-bond acceptors (Lipinski definition) is 2. The van der Waals surface area contributed by atoms with Gasteiger partial charge in [-0.3, -0.25) is 4.21 Å². The maximum Gasteiger partial charge on any atom is 0.0604 e. The third kappa shape index (κ3) is 4.07. The molecule has 0 aromatic heterocycles. The van der Waals surface area contributed by atoms with Gasteiger partial charge in [0.05, 0.1) is 20.8 Å². The van der Waals surface area contributed by atoms with E-state index in [4.69, 9.17) is 23.2 Å². The van der Waals surface area contributed by atoms with Crippen LogP contribution in [0.1, 0.15) is 17.2 Å². The zero-order valence-corrected chi connectivity index (χ0v) is 14.2. The minimum absolute atomic E-state index is 0.0292. The minimum atomic E-state index is -1.15. The van der Waals surface area contributed by atoms with Gasteiger partial charge < -0.3 is 5.32 Å². The molecule has 0 bridgehead atoms. The summed E-state index contributed by atoms with van der Waals surface area (Å²) in [7, 11) is 0.732. The highest BCUT2D eigenvalue weighted by Crippen LogP contribution is 2.26. The summed E-state index contributed by atoms with van der Waals surface area (Å²) in [6.07, 6.45) is 0. The molecule has 0 amide bonds. The molecule has 0 spiro atoms. The molecular formula is C16H17Cl2NOS. The second kappa shape index (κ2) is 7.41. The lowest BCUT2D eigenvalue weighted by Crippen LogP contribution is -2.23. The Labute approximate surface area is 137 Å². The first-order valence-corrected chi connectivity index (χ1v) is 8.66. The predicted octanol–water partition coefficient (Wildman–Crippen LogP) is 4.37. The van der Waals surface area contributed by atoms with Crippen LogP contribution in [0.3, 0.4) is 0 Å². The number of nitrogens with one attached hydrogen (secondary N) is 1. The maximum absolute atomic E-state index is 12.5. The quantitative estimate of drug-likeness (QED) is 0.874. The molecule has 21 heavy (non-hydrogen) atoms. The van der Waals surface area contributed by atoms with Gasteiger partial charge in [0.15, 0.2) is 0 Å². The van der Waals surface area contributed by atoms with E-state index >= 15 is 0 Å². The standard InChI is InChI=1S/C16H17Cl2NOS/c1-11-5-3-4-6-13(11)16(19-2)10-21(20)12-7-8-14(17)15(18)9-12/h3-9,16,19H,10H2,1-2H3. The van der Waals surface area contributed by atoms with Crippen molar-refractivity contribution in [3.63, 3.8) is 0 Å². The highest BCUT2D eigenvalue weighted by atomic mass is 35.5. The molecule has 0 aliphatic carbocycles. The number of rotatable bonds is 5. The van der Waals surface area contributed by atoms with Crippen LogP contribution < -0.4 is 5.32 Å². The van der Waals surface area contributed by atoms with Crippen LogP contribution in [0.15, 0.2) is 47.4 Å². The highest BCUT2D eigenvalue weighted by molar-refractivity contribution is 7.85. The van der Waals surface area contributed by atoms with Crippen molar-refractivity contribution in [2.75, 3.05) is 12.8 Å². The fourth-order valence-corrected chi connectivity index (χ4v) is 3.85. The Balaban J connectivity index is 2.20. The summed E-state index contributed by atoms with van der Waals surface area (Å²) in [6, 6.07) is 13.3. The van der Waals surface area contributed by atoms with Gasteiger partial charge in [-0.15, -0.1) is 0 Å². The van der Waals surface area contributed by atoms with Gasteiger partial charge in [-0.2, -0.15) is 0 Å². The lowest BCUT2D eigenvalue weighted by atomic mass is 10.0. The van der Waals surface area contributed by atoms with Crippen molar-refractivity contribution in [3.05, 3.63) is 63.6 Å². The number of benzene rings is 2. The fraction of sp³-hybridized carbons (Fsp3) is 0.250. The van der Waals surface area contributed by atoms with Crippen LogP contribution in [-0.2, 0) is 10.8 Å². The molecular weight excluding hydrogens is 325 g/mol. The number of aryl methyl sites for hydroxylation is 1. The van der Waals surface area contributed by atoms with Gasteiger partial charge >= 0.3 is 0 Å². The van der Waals surface area contributed by atoms with E-state index < -0.39 is 10.8 Å². The number of halogens is 2. The first-order chi connectivity index (χ1) is 10.0. The van der Waals surface area contributed by atoms with Crippen molar-refractivity contribution < 1.29 is 4.21 Å². The van der Waals surface area contributed by atoms with Crippen LogP contribution in [0.2, 0.25) is 10.0 Å². The van der Waals surface area contributed by atoms with Gasteiger partial charge in [0.1, 0.15) is 0 Å². The summed E-state index contributed by atoms with van der Waals surface area (Å²) >= 11 is 11.9. The lowest BCUT2D eigenvalue weighted by molar-refractivity contribution is 0.633. The average molecular weight is 342 g/mol. The summed E-state index contributed by atoms with van der Waals surface area (Å²) in [4.78, 5) is 0.693. The average Bonchev–Trinajstić information content (AvgIpc) is 2.48. The molecule has 0 saturated carbocycles. The Bertz CT molecular complexity index is 660. The highest BCUT2D eigenvalue weighted by Gasteiger charge is 2.16. The van der Waals surface area contributed by atoms with Crippen LogP contribution in [0.5, 0.6) is 0 Å². The van der Waals surface area contributed by atoms with Gasteiger partial charge in [0.2, 0.25) is 0 Å². The zero-order chi connectivity index (χ0) is 15.4. The van der Waals surface area contributed by atoms with Gasteiger partial charge in [0, 0.05) is 16.7 Å². The summed E-state index contributed by atoms with van der Waals surface area (Å²) in [6.45, 7) is 2.06. The monoisotopic (exact) mass is 341 g/mol. The first kappa shape index (κ1) is 16.5. The second-order valence-electron chi connectivity index (χ2n) is 4.79. The minimum Gasteiger partial charge on any atom is -0.312 e. The van der Waals surface area contributed by atoms with E-state index in [9.17, 15) is 4.21 Å². The van der Waals surface area contributed by atoms with Gasteiger partial charge in [-0.05, 0) is 43.3 Å². The second-order valence-corrected chi connectivity index (χ2v) is 7.10. The summed E-state index contributed by atoms with van der Waals surface area (Å²) in [5, 5.41) is 4.14. The molecule has 1 N–H and O–H groups in total. The molecule has 2 aromatic carbocycles. The van der Waals surface area contributed by atoms with Crippen molar-refractivity contribution in [2.45, 2.75) is 17.9 Å². The Morgan fingerprint density at radius 2 is 1.86 bits per heavy atom. The van der Waals surface area contributed by atoms with Crippen molar-refractivity contribution in [3.8, 4) is 0 Å². The summed E-state index contributed by atoms with van der Waals surface area (Å²) < 4.78 is 12.5. The largest absolute Gasteiger partial charge is 0.312 e. The third-order valence-corrected chi connectivity index (χ3v) is 5.54. The van der Waals surface area contributed by atoms with Crippen LogP contribution in [0, 0.1) is 6.92 Å². The van der Waals surface area contributed by atoms with Crippen LogP contribution in [0.4, 0.5) is 0 Å². The van der Waals surface area contributed by atoms with Gasteiger partial charge in [-0.25, -0.2) is 0 Å². The Morgan fingerprint density at radius 3 is 2.48 bits per heavy atom. The Morgan fingerprint density at radius 1 is 1.14 bits per heavy atom. The van der Waals surface area contributed by atoms with E-state index in [1.807, 2.05) is 19.2 Å². The molecule has 5 heteroatoms. The van der Waals surface area contributed by atoms with Crippen molar-refractivity contribution in [1.29, 1.82) is 0 Å². The molecule has 2 unspecified atom stereocenters. The first-order valence-electron chi connectivity index (χ1n) is 6.59. The topological polar surface area (TPSA) is 29.1 Å². The van der Waals surface area contributed by atoms with Crippen LogP contribution in [-0.4, -0.2) is 17.0 Å². The van der Waals surface area contributed by atoms with Crippen molar-refractivity contribution in [2.24, 2.45) is 0 Å². The third-order valence-electron chi connectivity index (χ3n) is 3.38. The van der Waals surface area contributed by atoms with E-state index in [1.165, 1.54) is 5.56 Å². The van der Waals surface area contributed by atoms with Gasteiger partial charge in [-0.1, -0.05) is 47.5 Å². The van der Waals surface area contributed by atoms with E-state index in [0.717, 1.165) is 5.56 Å². The molecule has 0 radical (unpaired) electrons. The van der Waals surface area contributed by atoms with E-state index in [0.29, 0.717) is 20.7 Å². The van der Waals surface area contributed by atoms with Crippen molar-refractivity contribution >= 4 is 34.0 Å². The van der Waals surface area contributed by atoms with E-state index in [1.54, 1.807) is 18.2 Å². The molecule has 0 aliphatic rings. The smallest absolute Gasteiger partial charge is 0.0604 e. The molecule has 0 heterocycles. The molecule has 2 rings (SSSR count). The normalized spacial score (nSPS) is 13.9. The molecule has 2 nitrogen and oxygen atoms in total. The molecule has 112 valence electrons. The predicted molar refractivity (Wildman–Crippen MR) is 90.7 cm³/mol. The van der Waals surface area contributed by atoms with Crippen molar-refractivity contribution in [1.82, 2.24) is 5.32 Å². The zero-order valence-electron chi connectivity index (χ0n) is 11.9. The lowest BCUT2D eigenvalue weighted by Gasteiger charge is -2.18. The number of hydrogen-bond donors (Lipinski definition) is 1. The molecule has 2 aromatic rings.